The Labute approximate surface area is 166 Å². The van der Waals surface area contributed by atoms with Crippen LogP contribution in [0.4, 0.5) is 5.69 Å². The minimum atomic E-state index is -0.628. The van der Waals surface area contributed by atoms with Crippen molar-refractivity contribution in [3.05, 3.63) is 60.2 Å². The lowest BCUT2D eigenvalue weighted by molar-refractivity contribution is -0.122. The smallest absolute Gasteiger partial charge is 0.265 e. The molecule has 0 aromatic heterocycles. The molecule has 0 bridgehead atoms. The van der Waals surface area contributed by atoms with E-state index in [0.717, 1.165) is 25.7 Å². The highest BCUT2D eigenvalue weighted by Crippen LogP contribution is 2.21. The fourth-order valence-corrected chi connectivity index (χ4v) is 3.50. The molecule has 0 heterocycles. The maximum atomic E-state index is 12.8. The van der Waals surface area contributed by atoms with Crippen molar-refractivity contribution in [2.45, 2.75) is 57.6 Å². The lowest BCUT2D eigenvalue weighted by Gasteiger charge is -2.23. The van der Waals surface area contributed by atoms with E-state index in [4.69, 9.17) is 4.74 Å². The highest BCUT2D eigenvalue weighted by atomic mass is 16.5. The first-order valence-electron chi connectivity index (χ1n) is 10.1. The Balaban J connectivity index is 1.67. The average molecular weight is 380 g/mol. The molecule has 1 saturated carbocycles. The number of amides is 2. The molecule has 1 fully saturated rings. The van der Waals surface area contributed by atoms with Gasteiger partial charge in [-0.25, -0.2) is 0 Å². The Hall–Kier alpha value is -2.82. The Morgan fingerprint density at radius 2 is 1.68 bits per heavy atom. The minimum Gasteiger partial charge on any atom is -0.481 e. The standard InChI is InChI=1S/C23H28N2O3/c1-2-21(28-18-13-7-4-8-14-18)23(27)25-20-16-10-9-15-19(20)22(26)24-17-11-5-3-6-12-17/h4,7-10,13-17,21H,2-3,5-6,11-12H2,1H3,(H,24,26)(H,25,27)/t21-/m1/s1. The van der Waals surface area contributed by atoms with Crippen molar-refractivity contribution in [2.75, 3.05) is 5.32 Å². The quantitative estimate of drug-likeness (QED) is 0.741. The molecular weight excluding hydrogens is 352 g/mol. The molecule has 0 unspecified atom stereocenters. The van der Waals surface area contributed by atoms with E-state index >= 15 is 0 Å². The second-order valence-electron chi connectivity index (χ2n) is 7.17. The Morgan fingerprint density at radius 3 is 2.39 bits per heavy atom. The summed E-state index contributed by atoms with van der Waals surface area (Å²) < 4.78 is 5.81. The average Bonchev–Trinajstić information content (AvgIpc) is 2.73. The molecule has 1 aliphatic rings. The molecule has 2 aromatic carbocycles. The highest BCUT2D eigenvalue weighted by Gasteiger charge is 2.22. The van der Waals surface area contributed by atoms with Gasteiger partial charge in [0.15, 0.2) is 6.10 Å². The van der Waals surface area contributed by atoms with Crippen molar-refractivity contribution in [3.63, 3.8) is 0 Å². The third-order valence-electron chi connectivity index (χ3n) is 5.05. The van der Waals surface area contributed by atoms with Crippen molar-refractivity contribution >= 4 is 17.5 Å². The maximum Gasteiger partial charge on any atom is 0.265 e. The van der Waals surface area contributed by atoms with Gasteiger partial charge in [-0.1, -0.05) is 56.5 Å². The first-order valence-corrected chi connectivity index (χ1v) is 10.1. The number of nitrogens with one attached hydrogen (secondary N) is 2. The van der Waals surface area contributed by atoms with Gasteiger partial charge in [0.05, 0.1) is 11.3 Å². The normalized spacial score (nSPS) is 15.5. The summed E-state index contributed by atoms with van der Waals surface area (Å²) in [4.78, 5) is 25.5. The Morgan fingerprint density at radius 1 is 1.00 bits per heavy atom. The molecule has 2 aromatic rings. The van der Waals surface area contributed by atoms with Crippen LogP contribution in [0.15, 0.2) is 54.6 Å². The summed E-state index contributed by atoms with van der Waals surface area (Å²) in [6, 6.07) is 16.6. The number of benzene rings is 2. The van der Waals surface area contributed by atoms with Gasteiger partial charge in [-0.3, -0.25) is 9.59 Å². The van der Waals surface area contributed by atoms with Crippen molar-refractivity contribution in [2.24, 2.45) is 0 Å². The molecule has 1 aliphatic carbocycles. The minimum absolute atomic E-state index is 0.139. The molecule has 148 valence electrons. The zero-order valence-electron chi connectivity index (χ0n) is 16.3. The fraction of sp³-hybridized carbons (Fsp3) is 0.391. The van der Waals surface area contributed by atoms with Gasteiger partial charge in [-0.05, 0) is 43.5 Å². The van der Waals surface area contributed by atoms with Gasteiger partial charge < -0.3 is 15.4 Å². The lowest BCUT2D eigenvalue weighted by Crippen LogP contribution is -2.37. The molecule has 0 spiro atoms. The number of ether oxygens (including phenoxy) is 1. The zero-order chi connectivity index (χ0) is 19.8. The van der Waals surface area contributed by atoms with Crippen LogP contribution in [0.25, 0.3) is 0 Å². The number of carbonyl (C=O) groups excluding carboxylic acids is 2. The van der Waals surface area contributed by atoms with E-state index in [1.165, 1.54) is 6.42 Å². The number of rotatable bonds is 7. The zero-order valence-corrected chi connectivity index (χ0v) is 16.3. The van der Waals surface area contributed by atoms with Crippen molar-refractivity contribution in [1.29, 1.82) is 0 Å². The molecule has 5 heteroatoms. The molecule has 0 radical (unpaired) electrons. The first-order chi connectivity index (χ1) is 13.7. The molecule has 2 amide bonds. The predicted octanol–water partition coefficient (Wildman–Crippen LogP) is 4.55. The molecule has 0 aliphatic heterocycles. The van der Waals surface area contributed by atoms with Gasteiger partial charge in [0.2, 0.25) is 0 Å². The van der Waals surface area contributed by atoms with Crippen LogP contribution in [0.3, 0.4) is 0 Å². The molecule has 2 N–H and O–H groups in total. The van der Waals surface area contributed by atoms with Gasteiger partial charge in [0, 0.05) is 6.04 Å². The number of hydrogen-bond acceptors (Lipinski definition) is 3. The van der Waals surface area contributed by atoms with Crippen LogP contribution in [0, 0.1) is 0 Å². The van der Waals surface area contributed by atoms with E-state index < -0.39 is 6.10 Å². The van der Waals surface area contributed by atoms with Crippen LogP contribution >= 0.6 is 0 Å². The van der Waals surface area contributed by atoms with Gasteiger partial charge in [0.25, 0.3) is 11.8 Å². The summed E-state index contributed by atoms with van der Waals surface area (Å²) >= 11 is 0. The summed E-state index contributed by atoms with van der Waals surface area (Å²) in [7, 11) is 0. The van der Waals surface area contributed by atoms with E-state index in [1.54, 1.807) is 12.1 Å². The topological polar surface area (TPSA) is 67.4 Å². The van der Waals surface area contributed by atoms with E-state index in [9.17, 15) is 9.59 Å². The van der Waals surface area contributed by atoms with Crippen LogP contribution in [-0.4, -0.2) is 24.0 Å². The Bertz CT molecular complexity index is 785. The SMILES string of the molecule is CC[C@@H](Oc1ccccc1)C(=O)Nc1ccccc1C(=O)NC1CCCCC1. The van der Waals surface area contributed by atoms with Crippen LogP contribution < -0.4 is 15.4 Å². The van der Waals surface area contributed by atoms with Crippen LogP contribution in [0.2, 0.25) is 0 Å². The molecule has 1 atom stereocenters. The first kappa shape index (κ1) is 19.9. The number of para-hydroxylation sites is 2. The van der Waals surface area contributed by atoms with E-state index in [0.29, 0.717) is 23.4 Å². The van der Waals surface area contributed by atoms with Crippen LogP contribution in [0.1, 0.15) is 55.8 Å². The largest absolute Gasteiger partial charge is 0.481 e. The maximum absolute atomic E-state index is 12.8. The van der Waals surface area contributed by atoms with E-state index in [1.807, 2.05) is 49.4 Å². The molecule has 0 saturated heterocycles. The van der Waals surface area contributed by atoms with E-state index in [-0.39, 0.29) is 17.9 Å². The molecule has 3 rings (SSSR count). The molecule has 28 heavy (non-hydrogen) atoms. The second-order valence-corrected chi connectivity index (χ2v) is 7.17. The van der Waals surface area contributed by atoms with Gasteiger partial charge in [0.1, 0.15) is 5.75 Å². The van der Waals surface area contributed by atoms with Crippen molar-refractivity contribution < 1.29 is 14.3 Å². The summed E-state index contributed by atoms with van der Waals surface area (Å²) in [5.74, 6) is 0.247. The molecular formula is C23H28N2O3. The third-order valence-corrected chi connectivity index (χ3v) is 5.05. The van der Waals surface area contributed by atoms with Gasteiger partial charge >= 0.3 is 0 Å². The second kappa shape index (κ2) is 9.93. The van der Waals surface area contributed by atoms with Crippen molar-refractivity contribution in [3.8, 4) is 5.75 Å². The summed E-state index contributed by atoms with van der Waals surface area (Å²) in [5.41, 5.74) is 0.993. The monoisotopic (exact) mass is 380 g/mol. The fourth-order valence-electron chi connectivity index (χ4n) is 3.50. The number of anilines is 1. The number of carbonyl (C=O) groups is 2. The van der Waals surface area contributed by atoms with E-state index in [2.05, 4.69) is 10.6 Å². The van der Waals surface area contributed by atoms with Crippen LogP contribution in [-0.2, 0) is 4.79 Å². The summed E-state index contributed by atoms with van der Waals surface area (Å²) in [6.07, 6.45) is 5.47. The predicted molar refractivity (Wildman–Crippen MR) is 111 cm³/mol. The molecule has 5 nitrogen and oxygen atoms in total. The third kappa shape index (κ3) is 5.35. The lowest BCUT2D eigenvalue weighted by atomic mass is 9.95. The van der Waals surface area contributed by atoms with Crippen molar-refractivity contribution in [1.82, 2.24) is 5.32 Å². The van der Waals surface area contributed by atoms with Crippen LogP contribution in [0.5, 0.6) is 5.75 Å². The summed E-state index contributed by atoms with van der Waals surface area (Å²) in [5, 5.41) is 5.99. The highest BCUT2D eigenvalue weighted by molar-refractivity contribution is 6.04. The number of hydrogen-bond donors (Lipinski definition) is 2. The Kier molecular flexibility index (Phi) is 7.06. The summed E-state index contributed by atoms with van der Waals surface area (Å²) in [6.45, 7) is 1.90. The van der Waals surface area contributed by atoms with Gasteiger partial charge in [-0.15, -0.1) is 0 Å². The van der Waals surface area contributed by atoms with Gasteiger partial charge in [-0.2, -0.15) is 0 Å².